The van der Waals surface area contributed by atoms with Crippen molar-refractivity contribution in [1.82, 2.24) is 4.90 Å². The fourth-order valence-electron chi connectivity index (χ4n) is 2.99. The molecule has 1 heterocycles. The first-order valence-corrected chi connectivity index (χ1v) is 8.54. The Morgan fingerprint density at radius 1 is 1.04 bits per heavy atom. The number of hydrogen-bond acceptors (Lipinski definition) is 4. The Balaban J connectivity index is 0.00000261. The Kier molecular flexibility index (Phi) is 6.77. The number of hydrogen-bond donors (Lipinski definition) is 1. The van der Waals surface area contributed by atoms with Gasteiger partial charge in [-0.05, 0) is 30.5 Å². The van der Waals surface area contributed by atoms with Crippen LogP contribution in [0.1, 0.15) is 31.1 Å². The summed E-state index contributed by atoms with van der Waals surface area (Å²) in [4.78, 5) is 26.3. The second-order valence-electron chi connectivity index (χ2n) is 6.51. The topological polar surface area (TPSA) is 72.6 Å². The molecule has 1 unspecified atom stereocenters. The molecule has 1 amide bonds. The molecule has 27 heavy (non-hydrogen) atoms. The molecule has 2 N–H and O–H groups in total. The molecule has 3 rings (SSSR count). The van der Waals surface area contributed by atoms with Gasteiger partial charge in [-0.25, -0.2) is 4.79 Å². The molecule has 5 nitrogen and oxygen atoms in total. The fourth-order valence-corrected chi connectivity index (χ4v) is 2.99. The van der Waals surface area contributed by atoms with Crippen LogP contribution in [0.25, 0.3) is 0 Å². The van der Waals surface area contributed by atoms with E-state index < -0.39 is 18.1 Å². The summed E-state index contributed by atoms with van der Waals surface area (Å²) in [5, 5.41) is 0. The van der Waals surface area contributed by atoms with Gasteiger partial charge in [-0.2, -0.15) is 0 Å². The molecule has 0 bridgehead atoms. The van der Waals surface area contributed by atoms with Gasteiger partial charge in [-0.1, -0.05) is 60.7 Å². The van der Waals surface area contributed by atoms with Crippen LogP contribution in [0.5, 0.6) is 0 Å². The average molecular weight is 387 g/mol. The molecule has 1 fully saturated rings. The summed E-state index contributed by atoms with van der Waals surface area (Å²) in [6.45, 7) is 3.90. The Bertz CT molecular complexity index is 794. The smallest absolute Gasteiger partial charge is 0.355 e. The monoisotopic (exact) mass is 386 g/mol. The summed E-state index contributed by atoms with van der Waals surface area (Å²) >= 11 is 0. The van der Waals surface area contributed by atoms with Crippen LogP contribution in [0.2, 0.25) is 0 Å². The van der Waals surface area contributed by atoms with Gasteiger partial charge in [-0.3, -0.25) is 4.79 Å². The second-order valence-corrected chi connectivity index (χ2v) is 6.51. The van der Waals surface area contributed by atoms with Crippen molar-refractivity contribution >= 4 is 24.3 Å². The van der Waals surface area contributed by atoms with Crippen LogP contribution in [-0.2, 0) is 14.3 Å². The summed E-state index contributed by atoms with van der Waals surface area (Å²) in [7, 11) is 0. The largest absolute Gasteiger partial charge is 0.448 e. The highest BCUT2D eigenvalue weighted by molar-refractivity contribution is 5.99. The number of ether oxygens (including phenoxy) is 1. The van der Waals surface area contributed by atoms with E-state index in [9.17, 15) is 9.59 Å². The molecule has 2 aromatic rings. The van der Waals surface area contributed by atoms with Gasteiger partial charge in [0.05, 0.1) is 6.54 Å². The first-order chi connectivity index (χ1) is 12.5. The Morgan fingerprint density at radius 3 is 1.89 bits per heavy atom. The van der Waals surface area contributed by atoms with Gasteiger partial charge in [0.25, 0.3) is 0 Å². The van der Waals surface area contributed by atoms with Crippen molar-refractivity contribution in [1.29, 1.82) is 0 Å². The third-order valence-corrected chi connectivity index (χ3v) is 4.33. The zero-order chi connectivity index (χ0) is 18.7. The molecule has 2 aromatic carbocycles. The average Bonchev–Trinajstić information content (AvgIpc) is 2.66. The van der Waals surface area contributed by atoms with Gasteiger partial charge in [0.2, 0.25) is 5.91 Å². The van der Waals surface area contributed by atoms with Crippen molar-refractivity contribution in [3.63, 3.8) is 0 Å². The van der Waals surface area contributed by atoms with Crippen molar-refractivity contribution in [3.05, 3.63) is 83.1 Å². The minimum absolute atomic E-state index is 0. The van der Waals surface area contributed by atoms with Gasteiger partial charge >= 0.3 is 5.97 Å². The van der Waals surface area contributed by atoms with Crippen LogP contribution in [0.3, 0.4) is 0 Å². The molecule has 0 aromatic heterocycles. The normalized spacial score (nSPS) is 15.6. The number of esters is 1. The van der Waals surface area contributed by atoms with E-state index in [1.54, 1.807) is 13.8 Å². The maximum Gasteiger partial charge on any atom is 0.355 e. The van der Waals surface area contributed by atoms with Crippen molar-refractivity contribution in [3.8, 4) is 0 Å². The van der Waals surface area contributed by atoms with E-state index >= 15 is 0 Å². The number of amides is 1. The number of nitrogens with two attached hydrogens (primary N) is 1. The highest BCUT2D eigenvalue weighted by Crippen LogP contribution is 2.29. The Labute approximate surface area is 165 Å². The molecule has 1 aliphatic rings. The number of halogens is 1. The molecule has 1 saturated heterocycles. The Hall–Kier alpha value is -2.63. The van der Waals surface area contributed by atoms with Crippen molar-refractivity contribution < 1.29 is 14.3 Å². The van der Waals surface area contributed by atoms with E-state index in [0.29, 0.717) is 6.54 Å². The standard InChI is InChI=1S/C21H22N2O3.ClH/c1-14(2)18(23-13-17(22)20(23)24)21(25)26-19(15-9-5-3-6-10-15)16-11-7-4-8-12-16;/h3-12,17,19H,13,22H2,1-2H3;1H. The lowest BCUT2D eigenvalue weighted by atomic mass is 10.0. The van der Waals surface area contributed by atoms with Crippen LogP contribution < -0.4 is 5.73 Å². The van der Waals surface area contributed by atoms with Gasteiger partial charge in [0.15, 0.2) is 6.10 Å². The number of benzene rings is 2. The van der Waals surface area contributed by atoms with E-state index in [0.717, 1.165) is 16.7 Å². The summed E-state index contributed by atoms with van der Waals surface area (Å²) in [6, 6.07) is 18.5. The van der Waals surface area contributed by atoms with Gasteiger partial charge in [-0.15, -0.1) is 12.4 Å². The summed E-state index contributed by atoms with van der Waals surface area (Å²) < 4.78 is 5.85. The minimum atomic E-state index is -0.552. The molecule has 1 aliphatic heterocycles. The van der Waals surface area contributed by atoms with Crippen molar-refractivity contribution in [2.24, 2.45) is 5.73 Å². The number of rotatable bonds is 5. The lowest BCUT2D eigenvalue weighted by Crippen LogP contribution is -2.61. The predicted molar refractivity (Wildman–Crippen MR) is 106 cm³/mol. The van der Waals surface area contributed by atoms with E-state index in [2.05, 4.69) is 0 Å². The predicted octanol–water partition coefficient (Wildman–Crippen LogP) is 3.20. The molecule has 0 radical (unpaired) electrons. The van der Waals surface area contributed by atoms with Gasteiger partial charge < -0.3 is 15.4 Å². The molecule has 0 spiro atoms. The minimum Gasteiger partial charge on any atom is -0.448 e. The molecular weight excluding hydrogens is 364 g/mol. The quantitative estimate of drug-likeness (QED) is 0.486. The third-order valence-electron chi connectivity index (χ3n) is 4.33. The molecule has 0 saturated carbocycles. The number of nitrogens with zero attached hydrogens (tertiary/aromatic N) is 1. The maximum absolute atomic E-state index is 12.9. The van der Waals surface area contributed by atoms with Crippen LogP contribution >= 0.6 is 12.4 Å². The van der Waals surface area contributed by atoms with Gasteiger partial charge in [0, 0.05) is 0 Å². The number of β-lactam (4-membered cyclic amide) rings is 1. The zero-order valence-electron chi connectivity index (χ0n) is 15.3. The first kappa shape index (κ1) is 20.7. The summed E-state index contributed by atoms with van der Waals surface area (Å²) in [5.74, 6) is -0.780. The van der Waals surface area contributed by atoms with Gasteiger partial charge in [0.1, 0.15) is 11.7 Å². The van der Waals surface area contributed by atoms with Crippen molar-refractivity contribution in [2.45, 2.75) is 26.0 Å². The van der Waals surface area contributed by atoms with Crippen LogP contribution in [0.15, 0.2) is 71.9 Å². The molecule has 6 heteroatoms. The van der Waals surface area contributed by atoms with Crippen LogP contribution in [-0.4, -0.2) is 29.4 Å². The highest BCUT2D eigenvalue weighted by atomic mass is 35.5. The first-order valence-electron chi connectivity index (χ1n) is 8.54. The molecule has 0 aliphatic carbocycles. The maximum atomic E-state index is 12.9. The Morgan fingerprint density at radius 2 is 1.52 bits per heavy atom. The summed E-state index contributed by atoms with van der Waals surface area (Å²) in [6.07, 6.45) is -0.552. The van der Waals surface area contributed by atoms with E-state index in [1.807, 2.05) is 60.7 Å². The highest BCUT2D eigenvalue weighted by Gasteiger charge is 2.40. The zero-order valence-corrected chi connectivity index (χ0v) is 16.1. The number of carbonyl (C=O) groups is 2. The SMILES string of the molecule is CC(C)=C(C(=O)OC(c1ccccc1)c1ccccc1)N1CC(N)C1=O.Cl. The second kappa shape index (κ2) is 8.84. The lowest BCUT2D eigenvalue weighted by Gasteiger charge is -2.37. The molecule has 142 valence electrons. The van der Waals surface area contributed by atoms with Crippen LogP contribution in [0, 0.1) is 0 Å². The van der Waals surface area contributed by atoms with E-state index in [4.69, 9.17) is 10.5 Å². The number of allylic oxidation sites excluding steroid dienone is 1. The lowest BCUT2D eigenvalue weighted by molar-refractivity contribution is -0.151. The van der Waals surface area contributed by atoms with Crippen LogP contribution in [0.4, 0.5) is 0 Å². The van der Waals surface area contributed by atoms with Crippen molar-refractivity contribution in [2.75, 3.05) is 6.54 Å². The number of likely N-dealkylation sites (tertiary alicyclic amines) is 1. The molecule has 1 atom stereocenters. The third kappa shape index (κ3) is 4.38. The van der Waals surface area contributed by atoms with E-state index in [-0.39, 0.29) is 24.0 Å². The summed E-state index contributed by atoms with van der Waals surface area (Å²) in [5.41, 5.74) is 8.39. The fraction of sp³-hybridized carbons (Fsp3) is 0.238. The molecular formula is C21H23ClN2O3. The van der Waals surface area contributed by atoms with E-state index in [1.165, 1.54) is 4.90 Å². The number of carbonyl (C=O) groups excluding carboxylic acids is 2.